The minimum atomic E-state index is 0.806. The van der Waals surface area contributed by atoms with Crippen LogP contribution in [0.4, 0.5) is 0 Å². The Morgan fingerprint density at radius 1 is 1.24 bits per heavy atom. The van der Waals surface area contributed by atoms with Gasteiger partial charge in [0.1, 0.15) is 0 Å². The summed E-state index contributed by atoms with van der Waals surface area (Å²) in [6.45, 7) is 8.33. The van der Waals surface area contributed by atoms with E-state index < -0.39 is 0 Å². The lowest BCUT2D eigenvalue weighted by atomic mass is 10.1. The largest absolute Gasteiger partial charge is 0.355 e. The van der Waals surface area contributed by atoms with Crippen LogP contribution in [0.25, 0.3) is 0 Å². The van der Waals surface area contributed by atoms with E-state index in [1.807, 2.05) is 7.05 Å². The Balaban J connectivity index is 1.69. The summed E-state index contributed by atoms with van der Waals surface area (Å²) in [5.74, 6) is 0.877. The third-order valence-electron chi connectivity index (χ3n) is 3.97. The summed E-state index contributed by atoms with van der Waals surface area (Å²) in [6.07, 6.45) is 2.74. The van der Waals surface area contributed by atoms with E-state index in [0.29, 0.717) is 0 Å². The Kier molecular flexibility index (Phi) is 6.05. The third kappa shape index (κ3) is 5.38. The predicted molar refractivity (Wildman–Crippen MR) is 89.6 cm³/mol. The van der Waals surface area contributed by atoms with Gasteiger partial charge in [-0.1, -0.05) is 36.8 Å². The summed E-state index contributed by atoms with van der Waals surface area (Å²) in [5.41, 5.74) is 2.57. The summed E-state index contributed by atoms with van der Waals surface area (Å²) < 4.78 is 0. The van der Waals surface area contributed by atoms with Crippen molar-refractivity contribution in [3.63, 3.8) is 0 Å². The molecule has 116 valence electrons. The summed E-state index contributed by atoms with van der Waals surface area (Å²) >= 11 is 0. The number of aliphatic imine (C=N–C) groups is 1. The van der Waals surface area contributed by atoms with Gasteiger partial charge in [0.05, 0.1) is 0 Å². The molecule has 4 nitrogen and oxygen atoms in total. The van der Waals surface area contributed by atoms with Crippen LogP contribution in [0.3, 0.4) is 0 Å². The number of hydrogen-bond acceptors (Lipinski definition) is 2. The topological polar surface area (TPSA) is 39.7 Å². The summed E-state index contributed by atoms with van der Waals surface area (Å²) in [5, 5.41) is 6.76. The first kappa shape index (κ1) is 15.8. The molecule has 0 heterocycles. The molecule has 1 aromatic rings. The lowest BCUT2D eigenvalue weighted by Crippen LogP contribution is -2.41. The van der Waals surface area contributed by atoms with E-state index in [9.17, 15) is 0 Å². The number of benzene rings is 1. The molecule has 0 unspecified atom stereocenters. The van der Waals surface area contributed by atoms with Crippen molar-refractivity contribution in [3.8, 4) is 0 Å². The second-order valence-electron chi connectivity index (χ2n) is 5.70. The van der Waals surface area contributed by atoms with Crippen molar-refractivity contribution in [2.75, 3.05) is 26.7 Å². The molecule has 1 aliphatic carbocycles. The number of nitrogens with one attached hydrogen (secondary N) is 2. The zero-order chi connectivity index (χ0) is 15.1. The molecule has 4 heteroatoms. The van der Waals surface area contributed by atoms with Crippen LogP contribution in [-0.4, -0.2) is 43.6 Å². The van der Waals surface area contributed by atoms with Gasteiger partial charge in [-0.25, -0.2) is 0 Å². The Bertz CT molecular complexity index is 448. The molecule has 1 saturated carbocycles. The Labute approximate surface area is 128 Å². The van der Waals surface area contributed by atoms with E-state index in [2.05, 4.69) is 58.6 Å². The van der Waals surface area contributed by atoms with Crippen molar-refractivity contribution in [2.24, 2.45) is 4.99 Å². The van der Waals surface area contributed by atoms with Crippen LogP contribution in [0.2, 0.25) is 0 Å². The van der Waals surface area contributed by atoms with Gasteiger partial charge in [0, 0.05) is 32.7 Å². The molecule has 2 rings (SSSR count). The first-order valence-electron chi connectivity index (χ1n) is 7.97. The van der Waals surface area contributed by atoms with Crippen LogP contribution in [0.15, 0.2) is 29.3 Å². The molecule has 0 spiro atoms. The molecular weight excluding hydrogens is 260 g/mol. The van der Waals surface area contributed by atoms with Gasteiger partial charge in [0.15, 0.2) is 5.96 Å². The fourth-order valence-electron chi connectivity index (χ4n) is 2.47. The molecule has 0 bridgehead atoms. The summed E-state index contributed by atoms with van der Waals surface area (Å²) in [4.78, 5) is 6.82. The lowest BCUT2D eigenvalue weighted by molar-refractivity contribution is 0.282. The zero-order valence-electron chi connectivity index (χ0n) is 13.5. The van der Waals surface area contributed by atoms with Crippen molar-refractivity contribution >= 4 is 5.96 Å². The molecule has 1 aromatic carbocycles. The molecule has 2 N–H and O–H groups in total. The van der Waals surface area contributed by atoms with Gasteiger partial charge in [-0.3, -0.25) is 9.89 Å². The van der Waals surface area contributed by atoms with Crippen molar-refractivity contribution in [2.45, 2.75) is 39.3 Å². The molecule has 0 amide bonds. The van der Waals surface area contributed by atoms with Crippen molar-refractivity contribution in [1.82, 2.24) is 15.5 Å². The quantitative estimate of drug-likeness (QED) is 0.596. The SMILES string of the molecule is CCN(CCNC(=NC)NCc1ccc(C)cc1)C1CC1. The molecule has 0 radical (unpaired) electrons. The fraction of sp³-hybridized carbons (Fsp3) is 0.588. The van der Waals surface area contributed by atoms with E-state index in [-0.39, 0.29) is 0 Å². The fourth-order valence-corrected chi connectivity index (χ4v) is 2.47. The highest BCUT2D eigenvalue weighted by Crippen LogP contribution is 2.25. The lowest BCUT2D eigenvalue weighted by Gasteiger charge is -2.20. The van der Waals surface area contributed by atoms with Crippen molar-refractivity contribution in [3.05, 3.63) is 35.4 Å². The van der Waals surface area contributed by atoms with Gasteiger partial charge in [-0.05, 0) is 31.9 Å². The van der Waals surface area contributed by atoms with E-state index in [1.165, 1.54) is 24.0 Å². The first-order valence-corrected chi connectivity index (χ1v) is 7.97. The van der Waals surface area contributed by atoms with Crippen LogP contribution in [0.1, 0.15) is 30.9 Å². The van der Waals surface area contributed by atoms with Gasteiger partial charge < -0.3 is 10.6 Å². The second-order valence-corrected chi connectivity index (χ2v) is 5.70. The highest BCUT2D eigenvalue weighted by atomic mass is 15.2. The van der Waals surface area contributed by atoms with E-state index >= 15 is 0 Å². The molecule has 0 aromatic heterocycles. The Morgan fingerprint density at radius 3 is 2.52 bits per heavy atom. The highest BCUT2D eigenvalue weighted by molar-refractivity contribution is 5.79. The molecular formula is C17H28N4. The third-order valence-corrected chi connectivity index (χ3v) is 3.97. The summed E-state index contributed by atoms with van der Waals surface area (Å²) in [6, 6.07) is 9.42. The van der Waals surface area contributed by atoms with Gasteiger partial charge in [-0.2, -0.15) is 0 Å². The molecule has 1 aliphatic rings. The minimum absolute atomic E-state index is 0.806. The van der Waals surface area contributed by atoms with E-state index in [1.54, 1.807) is 0 Å². The predicted octanol–water partition coefficient (Wildman–Crippen LogP) is 2.14. The number of hydrogen-bond donors (Lipinski definition) is 2. The number of aryl methyl sites for hydroxylation is 1. The monoisotopic (exact) mass is 288 g/mol. The number of likely N-dealkylation sites (N-methyl/N-ethyl adjacent to an activating group) is 1. The molecule has 0 aliphatic heterocycles. The maximum Gasteiger partial charge on any atom is 0.191 e. The number of guanidine groups is 1. The molecule has 21 heavy (non-hydrogen) atoms. The normalized spacial score (nSPS) is 15.3. The standard InChI is InChI=1S/C17H28N4/c1-4-21(16-9-10-16)12-11-19-17(18-3)20-13-15-7-5-14(2)6-8-15/h5-8,16H,4,9-13H2,1-3H3,(H2,18,19,20). The number of nitrogens with zero attached hydrogens (tertiary/aromatic N) is 2. The average molecular weight is 288 g/mol. The van der Waals surface area contributed by atoms with Gasteiger partial charge in [-0.15, -0.1) is 0 Å². The molecule has 0 atom stereocenters. The van der Waals surface area contributed by atoms with Crippen LogP contribution in [-0.2, 0) is 6.54 Å². The van der Waals surface area contributed by atoms with Gasteiger partial charge in [0.2, 0.25) is 0 Å². The van der Waals surface area contributed by atoms with Gasteiger partial charge >= 0.3 is 0 Å². The smallest absolute Gasteiger partial charge is 0.191 e. The van der Waals surface area contributed by atoms with E-state index in [4.69, 9.17) is 0 Å². The maximum atomic E-state index is 4.28. The summed E-state index contributed by atoms with van der Waals surface area (Å²) in [7, 11) is 1.82. The Morgan fingerprint density at radius 2 is 1.95 bits per heavy atom. The van der Waals surface area contributed by atoms with Crippen LogP contribution in [0.5, 0.6) is 0 Å². The Hall–Kier alpha value is -1.55. The maximum absolute atomic E-state index is 4.28. The minimum Gasteiger partial charge on any atom is -0.355 e. The van der Waals surface area contributed by atoms with Gasteiger partial charge in [0.25, 0.3) is 0 Å². The van der Waals surface area contributed by atoms with Crippen molar-refractivity contribution in [1.29, 1.82) is 0 Å². The highest BCUT2D eigenvalue weighted by Gasteiger charge is 2.27. The van der Waals surface area contributed by atoms with Crippen LogP contribution >= 0.6 is 0 Å². The van der Waals surface area contributed by atoms with Crippen molar-refractivity contribution < 1.29 is 0 Å². The van der Waals surface area contributed by atoms with E-state index in [0.717, 1.165) is 38.2 Å². The molecule has 1 fully saturated rings. The molecule has 0 saturated heterocycles. The second kappa shape index (κ2) is 8.03. The number of rotatable bonds is 7. The van der Waals surface area contributed by atoms with Crippen LogP contribution in [0, 0.1) is 6.92 Å². The first-order chi connectivity index (χ1) is 10.2. The van der Waals surface area contributed by atoms with Crippen LogP contribution < -0.4 is 10.6 Å². The zero-order valence-corrected chi connectivity index (χ0v) is 13.5. The average Bonchev–Trinajstić information content (AvgIpc) is 3.33.